The number of benzene rings is 1. The molecule has 0 bridgehead atoms. The topological polar surface area (TPSA) is 69.6 Å². The second-order valence-corrected chi connectivity index (χ2v) is 6.43. The van der Waals surface area contributed by atoms with E-state index in [0.717, 1.165) is 0 Å². The van der Waals surface area contributed by atoms with Crippen molar-refractivity contribution in [3.05, 3.63) is 47.7 Å². The molecule has 136 valence electrons. The molecule has 2 amide bonds. The number of piperazine rings is 1. The first kappa shape index (κ1) is 18.1. The molecule has 0 spiro atoms. The van der Waals surface area contributed by atoms with Gasteiger partial charge in [-0.15, -0.1) is 0 Å². The standard InChI is InChI=1S/C18H20ClN5O2/c1-14(25)24(16-5-3-15(19)4-6-16)13-17(26)22-9-11-23(12-10-22)18-20-7-2-8-21-18/h2-8H,9-13H2,1H3. The van der Waals surface area contributed by atoms with E-state index in [4.69, 9.17) is 11.6 Å². The molecule has 3 rings (SSSR count). The lowest BCUT2D eigenvalue weighted by atomic mass is 10.2. The van der Waals surface area contributed by atoms with Crippen LogP contribution in [0.1, 0.15) is 6.92 Å². The van der Waals surface area contributed by atoms with Crippen LogP contribution in [0.2, 0.25) is 5.02 Å². The summed E-state index contributed by atoms with van der Waals surface area (Å²) in [6.07, 6.45) is 3.41. The van der Waals surface area contributed by atoms with Gasteiger partial charge in [0.1, 0.15) is 6.54 Å². The van der Waals surface area contributed by atoms with Crippen molar-refractivity contribution in [3.8, 4) is 0 Å². The van der Waals surface area contributed by atoms with Gasteiger partial charge in [-0.1, -0.05) is 11.6 Å². The van der Waals surface area contributed by atoms with E-state index < -0.39 is 0 Å². The fourth-order valence-electron chi connectivity index (χ4n) is 2.85. The number of halogens is 1. The molecule has 0 saturated carbocycles. The van der Waals surface area contributed by atoms with Gasteiger partial charge in [0.05, 0.1) is 0 Å². The highest BCUT2D eigenvalue weighted by Gasteiger charge is 2.25. The number of carbonyl (C=O) groups excluding carboxylic acids is 2. The molecule has 1 aromatic carbocycles. The minimum atomic E-state index is -0.183. The highest BCUT2D eigenvalue weighted by atomic mass is 35.5. The Labute approximate surface area is 157 Å². The zero-order valence-corrected chi connectivity index (χ0v) is 15.3. The predicted octanol–water partition coefficient (Wildman–Crippen LogP) is 1.83. The highest BCUT2D eigenvalue weighted by molar-refractivity contribution is 6.30. The SMILES string of the molecule is CC(=O)N(CC(=O)N1CCN(c2ncccn2)CC1)c1ccc(Cl)cc1. The predicted molar refractivity (Wildman–Crippen MR) is 100 cm³/mol. The summed E-state index contributed by atoms with van der Waals surface area (Å²) in [5, 5.41) is 0.586. The van der Waals surface area contributed by atoms with Crippen LogP contribution in [0.15, 0.2) is 42.7 Å². The second kappa shape index (κ2) is 8.14. The van der Waals surface area contributed by atoms with E-state index in [0.29, 0.717) is 42.8 Å². The first-order valence-corrected chi connectivity index (χ1v) is 8.76. The molecule has 2 heterocycles. The number of rotatable bonds is 4. The summed E-state index contributed by atoms with van der Waals surface area (Å²) < 4.78 is 0. The van der Waals surface area contributed by atoms with Crippen molar-refractivity contribution in [2.75, 3.05) is 42.5 Å². The Morgan fingerprint density at radius 3 is 2.27 bits per heavy atom. The Kier molecular flexibility index (Phi) is 5.68. The fraction of sp³-hybridized carbons (Fsp3) is 0.333. The number of aromatic nitrogens is 2. The Hall–Kier alpha value is -2.67. The maximum absolute atomic E-state index is 12.7. The molecule has 1 aliphatic rings. The third kappa shape index (κ3) is 4.29. The molecule has 7 nitrogen and oxygen atoms in total. The average molecular weight is 374 g/mol. The first-order chi connectivity index (χ1) is 12.5. The van der Waals surface area contributed by atoms with E-state index in [-0.39, 0.29) is 18.4 Å². The number of anilines is 2. The molecule has 1 fully saturated rings. The van der Waals surface area contributed by atoms with Crippen molar-refractivity contribution in [3.63, 3.8) is 0 Å². The lowest BCUT2D eigenvalue weighted by Gasteiger charge is -2.35. The number of amides is 2. The Bertz CT molecular complexity index is 761. The fourth-order valence-corrected chi connectivity index (χ4v) is 2.98. The van der Waals surface area contributed by atoms with Crippen LogP contribution >= 0.6 is 11.6 Å². The lowest BCUT2D eigenvalue weighted by Crippen LogP contribution is -2.52. The summed E-state index contributed by atoms with van der Waals surface area (Å²) in [5.41, 5.74) is 0.659. The number of nitrogens with zero attached hydrogens (tertiary/aromatic N) is 5. The van der Waals surface area contributed by atoms with Crippen LogP contribution in [-0.4, -0.2) is 59.4 Å². The van der Waals surface area contributed by atoms with Gasteiger partial charge in [-0.05, 0) is 30.3 Å². The van der Waals surface area contributed by atoms with Crippen LogP contribution in [0.3, 0.4) is 0 Å². The van der Waals surface area contributed by atoms with Gasteiger partial charge in [0.2, 0.25) is 17.8 Å². The molecular weight excluding hydrogens is 354 g/mol. The quantitative estimate of drug-likeness (QED) is 0.817. The van der Waals surface area contributed by atoms with Gasteiger partial charge in [-0.3, -0.25) is 9.59 Å². The second-order valence-electron chi connectivity index (χ2n) is 6.00. The van der Waals surface area contributed by atoms with Gasteiger partial charge < -0.3 is 14.7 Å². The maximum atomic E-state index is 12.7. The minimum absolute atomic E-state index is 0.0127. The Balaban J connectivity index is 1.60. The summed E-state index contributed by atoms with van der Waals surface area (Å²) in [4.78, 5) is 38.4. The molecule has 1 aliphatic heterocycles. The maximum Gasteiger partial charge on any atom is 0.242 e. The highest BCUT2D eigenvalue weighted by Crippen LogP contribution is 2.19. The van der Waals surface area contributed by atoms with Crippen molar-refractivity contribution < 1.29 is 9.59 Å². The van der Waals surface area contributed by atoms with Gasteiger partial charge in [-0.25, -0.2) is 9.97 Å². The summed E-state index contributed by atoms with van der Waals surface area (Å²) >= 11 is 5.89. The van der Waals surface area contributed by atoms with Gasteiger partial charge in [-0.2, -0.15) is 0 Å². The summed E-state index contributed by atoms with van der Waals surface area (Å²) in [7, 11) is 0. The summed E-state index contributed by atoms with van der Waals surface area (Å²) in [6.45, 7) is 3.94. The molecular formula is C18H20ClN5O2. The summed E-state index contributed by atoms with van der Waals surface area (Å²) in [5.74, 6) is 0.409. The number of hydrogen-bond acceptors (Lipinski definition) is 5. The third-order valence-electron chi connectivity index (χ3n) is 4.28. The lowest BCUT2D eigenvalue weighted by molar-refractivity contribution is -0.131. The third-order valence-corrected chi connectivity index (χ3v) is 4.53. The molecule has 0 aliphatic carbocycles. The Morgan fingerprint density at radius 2 is 1.69 bits per heavy atom. The van der Waals surface area contributed by atoms with Gasteiger partial charge >= 0.3 is 0 Å². The zero-order valence-electron chi connectivity index (χ0n) is 14.5. The zero-order chi connectivity index (χ0) is 18.5. The van der Waals surface area contributed by atoms with Crippen molar-refractivity contribution in [1.29, 1.82) is 0 Å². The largest absolute Gasteiger partial charge is 0.338 e. The van der Waals surface area contributed by atoms with Crippen LogP contribution < -0.4 is 9.80 Å². The molecule has 2 aromatic rings. The monoisotopic (exact) mass is 373 g/mol. The molecule has 0 N–H and O–H groups in total. The van der Waals surface area contributed by atoms with Crippen LogP contribution in [0.5, 0.6) is 0 Å². The van der Waals surface area contributed by atoms with Gasteiger partial charge in [0, 0.05) is 56.2 Å². The van der Waals surface area contributed by atoms with Crippen molar-refractivity contribution >= 4 is 35.1 Å². The van der Waals surface area contributed by atoms with Crippen LogP contribution in [0.4, 0.5) is 11.6 Å². The molecule has 0 atom stereocenters. The molecule has 8 heteroatoms. The molecule has 1 aromatic heterocycles. The van der Waals surface area contributed by atoms with E-state index in [1.807, 2.05) is 4.90 Å². The normalized spacial score (nSPS) is 14.2. The van der Waals surface area contributed by atoms with Crippen molar-refractivity contribution in [1.82, 2.24) is 14.9 Å². The van der Waals surface area contributed by atoms with Crippen LogP contribution in [0, 0.1) is 0 Å². The van der Waals surface area contributed by atoms with Crippen LogP contribution in [0.25, 0.3) is 0 Å². The summed E-state index contributed by atoms with van der Waals surface area (Å²) in [6, 6.07) is 8.66. The Morgan fingerprint density at radius 1 is 1.08 bits per heavy atom. The van der Waals surface area contributed by atoms with E-state index in [2.05, 4.69) is 9.97 Å². The van der Waals surface area contributed by atoms with E-state index in [1.165, 1.54) is 11.8 Å². The minimum Gasteiger partial charge on any atom is -0.338 e. The molecule has 26 heavy (non-hydrogen) atoms. The molecule has 0 radical (unpaired) electrons. The van der Waals surface area contributed by atoms with Gasteiger partial charge in [0.25, 0.3) is 0 Å². The van der Waals surface area contributed by atoms with Crippen molar-refractivity contribution in [2.45, 2.75) is 6.92 Å². The smallest absolute Gasteiger partial charge is 0.242 e. The first-order valence-electron chi connectivity index (χ1n) is 8.38. The van der Waals surface area contributed by atoms with Crippen LogP contribution in [-0.2, 0) is 9.59 Å². The van der Waals surface area contributed by atoms with Gasteiger partial charge in [0.15, 0.2) is 0 Å². The van der Waals surface area contributed by atoms with E-state index >= 15 is 0 Å². The van der Waals surface area contributed by atoms with E-state index in [1.54, 1.807) is 47.6 Å². The molecule has 1 saturated heterocycles. The van der Waals surface area contributed by atoms with E-state index in [9.17, 15) is 9.59 Å². The van der Waals surface area contributed by atoms with Crippen molar-refractivity contribution in [2.24, 2.45) is 0 Å². The molecule has 0 unspecified atom stereocenters. The average Bonchev–Trinajstić information content (AvgIpc) is 2.67. The number of hydrogen-bond donors (Lipinski definition) is 0. The number of carbonyl (C=O) groups is 2.